The van der Waals surface area contributed by atoms with Crippen molar-refractivity contribution in [2.45, 2.75) is 19.8 Å². The topological polar surface area (TPSA) is 32.9 Å². The third-order valence-corrected chi connectivity index (χ3v) is 4.55. The first-order valence-corrected chi connectivity index (χ1v) is 8.41. The highest BCUT2D eigenvalue weighted by molar-refractivity contribution is 6.17. The molecule has 0 saturated heterocycles. The molecule has 2 nitrogen and oxygen atoms in total. The minimum absolute atomic E-state index is 0.0467. The summed E-state index contributed by atoms with van der Waals surface area (Å²) in [6.07, 6.45) is 2.12. The van der Waals surface area contributed by atoms with E-state index in [2.05, 4.69) is 24.0 Å². The van der Waals surface area contributed by atoms with Crippen LogP contribution < -0.4 is 0 Å². The maximum atomic E-state index is 13.1. The molecule has 1 N–H and O–H groups in total. The largest absolute Gasteiger partial charge is 0.352 e. The Hall–Kier alpha value is -2.87. The number of fused-ring (bicyclic) bond motifs is 2. The molecule has 0 unspecified atom stereocenters. The SMILES string of the molecule is CCCc1cccc2[nH]c(C(=O)c3cccc4ccccc34)cc12. The van der Waals surface area contributed by atoms with Gasteiger partial charge in [0.25, 0.3) is 0 Å². The molecule has 118 valence electrons. The first-order valence-electron chi connectivity index (χ1n) is 8.41. The van der Waals surface area contributed by atoms with Gasteiger partial charge >= 0.3 is 0 Å². The Balaban J connectivity index is 1.85. The van der Waals surface area contributed by atoms with Crippen molar-refractivity contribution >= 4 is 27.5 Å². The molecule has 0 fully saturated rings. The van der Waals surface area contributed by atoms with Crippen LogP contribution in [0, 0.1) is 0 Å². The van der Waals surface area contributed by atoms with Crippen molar-refractivity contribution in [1.29, 1.82) is 0 Å². The first kappa shape index (κ1) is 14.7. The number of aromatic nitrogens is 1. The summed E-state index contributed by atoms with van der Waals surface area (Å²) in [4.78, 5) is 16.4. The molecule has 0 bridgehead atoms. The fraction of sp³-hybridized carbons (Fsp3) is 0.136. The number of carbonyl (C=O) groups is 1. The minimum Gasteiger partial charge on any atom is -0.352 e. The molecule has 0 aliphatic carbocycles. The molecular weight excluding hydrogens is 294 g/mol. The number of H-pyrrole nitrogens is 1. The van der Waals surface area contributed by atoms with Crippen LogP contribution >= 0.6 is 0 Å². The van der Waals surface area contributed by atoms with Gasteiger partial charge in [0.1, 0.15) is 0 Å². The second-order valence-corrected chi connectivity index (χ2v) is 6.17. The van der Waals surface area contributed by atoms with Crippen LogP contribution in [-0.4, -0.2) is 10.8 Å². The lowest BCUT2D eigenvalue weighted by molar-refractivity contribution is 0.103. The van der Waals surface area contributed by atoms with Gasteiger partial charge in [0, 0.05) is 16.5 Å². The lowest BCUT2D eigenvalue weighted by Gasteiger charge is -2.04. The maximum Gasteiger partial charge on any atom is 0.209 e. The second kappa shape index (κ2) is 5.97. The summed E-state index contributed by atoms with van der Waals surface area (Å²) in [6, 6.07) is 22.1. The van der Waals surface area contributed by atoms with Crippen LogP contribution in [0.4, 0.5) is 0 Å². The van der Waals surface area contributed by atoms with E-state index in [1.165, 1.54) is 5.56 Å². The van der Waals surface area contributed by atoms with E-state index in [9.17, 15) is 4.79 Å². The van der Waals surface area contributed by atoms with Crippen LogP contribution in [0.25, 0.3) is 21.7 Å². The van der Waals surface area contributed by atoms with Gasteiger partial charge in [-0.3, -0.25) is 4.79 Å². The van der Waals surface area contributed by atoms with Crippen LogP contribution in [-0.2, 0) is 6.42 Å². The number of rotatable bonds is 4. The number of hydrogen-bond donors (Lipinski definition) is 1. The van der Waals surface area contributed by atoms with Gasteiger partial charge in [0.05, 0.1) is 5.69 Å². The summed E-state index contributed by atoms with van der Waals surface area (Å²) >= 11 is 0. The third kappa shape index (κ3) is 2.41. The van der Waals surface area contributed by atoms with Crippen LogP contribution in [0.5, 0.6) is 0 Å². The highest BCUT2D eigenvalue weighted by Gasteiger charge is 2.15. The highest BCUT2D eigenvalue weighted by atomic mass is 16.1. The summed E-state index contributed by atoms with van der Waals surface area (Å²) in [5.74, 6) is 0.0467. The Kier molecular flexibility index (Phi) is 3.66. The maximum absolute atomic E-state index is 13.1. The van der Waals surface area contributed by atoms with Crippen LogP contribution in [0.15, 0.2) is 66.7 Å². The van der Waals surface area contributed by atoms with Crippen molar-refractivity contribution in [3.63, 3.8) is 0 Å². The average molecular weight is 313 g/mol. The van der Waals surface area contributed by atoms with E-state index >= 15 is 0 Å². The monoisotopic (exact) mass is 313 g/mol. The molecular formula is C22H19NO. The Morgan fingerprint density at radius 3 is 2.58 bits per heavy atom. The van der Waals surface area contributed by atoms with Gasteiger partial charge in [-0.2, -0.15) is 0 Å². The molecule has 4 rings (SSSR count). The quantitative estimate of drug-likeness (QED) is 0.495. The van der Waals surface area contributed by atoms with Crippen molar-refractivity contribution < 1.29 is 4.79 Å². The molecule has 0 spiro atoms. The molecule has 0 aliphatic rings. The van der Waals surface area contributed by atoms with Crippen molar-refractivity contribution in [3.8, 4) is 0 Å². The predicted octanol–water partition coefficient (Wildman–Crippen LogP) is 5.50. The van der Waals surface area contributed by atoms with E-state index in [0.29, 0.717) is 5.69 Å². The Labute approximate surface area is 141 Å². The number of ketones is 1. The molecule has 1 aromatic heterocycles. The highest BCUT2D eigenvalue weighted by Crippen LogP contribution is 2.25. The lowest BCUT2D eigenvalue weighted by atomic mass is 9.99. The van der Waals surface area contributed by atoms with Gasteiger partial charge < -0.3 is 4.98 Å². The van der Waals surface area contributed by atoms with Gasteiger partial charge in [-0.25, -0.2) is 0 Å². The number of aryl methyl sites for hydroxylation is 1. The smallest absolute Gasteiger partial charge is 0.209 e. The lowest BCUT2D eigenvalue weighted by Crippen LogP contribution is -2.02. The fourth-order valence-electron chi connectivity index (χ4n) is 3.40. The van der Waals surface area contributed by atoms with Gasteiger partial charge in [0.2, 0.25) is 5.78 Å². The summed E-state index contributed by atoms with van der Waals surface area (Å²) < 4.78 is 0. The zero-order valence-corrected chi connectivity index (χ0v) is 13.7. The molecule has 3 aromatic carbocycles. The fourth-order valence-corrected chi connectivity index (χ4v) is 3.40. The summed E-state index contributed by atoms with van der Waals surface area (Å²) in [5.41, 5.74) is 3.73. The van der Waals surface area contributed by atoms with Crippen LogP contribution in [0.1, 0.15) is 35.0 Å². The molecule has 0 amide bonds. The normalized spacial score (nSPS) is 11.2. The van der Waals surface area contributed by atoms with Crippen molar-refractivity contribution in [3.05, 3.63) is 83.6 Å². The predicted molar refractivity (Wildman–Crippen MR) is 99.7 cm³/mol. The first-order chi connectivity index (χ1) is 11.8. The second-order valence-electron chi connectivity index (χ2n) is 6.17. The molecule has 0 radical (unpaired) electrons. The zero-order valence-electron chi connectivity index (χ0n) is 13.7. The van der Waals surface area contributed by atoms with E-state index in [1.807, 2.05) is 54.6 Å². The summed E-state index contributed by atoms with van der Waals surface area (Å²) in [6.45, 7) is 2.17. The van der Waals surface area contributed by atoms with E-state index in [0.717, 1.165) is 40.1 Å². The number of carbonyl (C=O) groups excluding carboxylic acids is 1. The van der Waals surface area contributed by atoms with Gasteiger partial charge in [-0.15, -0.1) is 0 Å². The van der Waals surface area contributed by atoms with E-state index in [-0.39, 0.29) is 5.78 Å². The number of benzene rings is 3. The number of hydrogen-bond acceptors (Lipinski definition) is 1. The van der Waals surface area contributed by atoms with Crippen molar-refractivity contribution in [2.24, 2.45) is 0 Å². The Morgan fingerprint density at radius 2 is 1.71 bits per heavy atom. The molecule has 0 atom stereocenters. The van der Waals surface area contributed by atoms with Gasteiger partial charge in [-0.05, 0) is 34.9 Å². The number of aromatic amines is 1. The van der Waals surface area contributed by atoms with Gasteiger partial charge in [0.15, 0.2) is 0 Å². The summed E-state index contributed by atoms with van der Waals surface area (Å²) in [7, 11) is 0. The van der Waals surface area contributed by atoms with E-state index in [1.54, 1.807) is 0 Å². The molecule has 24 heavy (non-hydrogen) atoms. The van der Waals surface area contributed by atoms with Crippen molar-refractivity contribution in [1.82, 2.24) is 4.98 Å². The van der Waals surface area contributed by atoms with E-state index < -0.39 is 0 Å². The minimum atomic E-state index is 0.0467. The zero-order chi connectivity index (χ0) is 16.5. The number of nitrogens with one attached hydrogen (secondary N) is 1. The molecule has 1 heterocycles. The Morgan fingerprint density at radius 1 is 0.917 bits per heavy atom. The van der Waals surface area contributed by atoms with Crippen LogP contribution in [0.2, 0.25) is 0 Å². The molecule has 0 aliphatic heterocycles. The van der Waals surface area contributed by atoms with Crippen molar-refractivity contribution in [2.75, 3.05) is 0 Å². The average Bonchev–Trinajstić information content (AvgIpc) is 3.06. The standard InChI is InChI=1S/C22H19NO/c1-2-7-15-10-6-13-20-19(15)14-21(23-20)22(24)18-12-5-9-16-8-3-4-11-17(16)18/h3-6,8-14,23H,2,7H2,1H3. The van der Waals surface area contributed by atoms with E-state index in [4.69, 9.17) is 0 Å². The van der Waals surface area contributed by atoms with Crippen LogP contribution in [0.3, 0.4) is 0 Å². The summed E-state index contributed by atoms with van der Waals surface area (Å²) in [5, 5.41) is 3.24. The third-order valence-electron chi connectivity index (χ3n) is 4.55. The molecule has 0 saturated carbocycles. The Bertz CT molecular complexity index is 1040. The van der Waals surface area contributed by atoms with Gasteiger partial charge in [-0.1, -0.05) is 67.9 Å². The molecule has 4 aromatic rings. The molecule has 2 heteroatoms.